The molecule has 3 aromatic carbocycles. The Morgan fingerprint density at radius 3 is 2.50 bits per heavy atom. The van der Waals surface area contributed by atoms with E-state index in [4.69, 9.17) is 4.99 Å². The summed E-state index contributed by atoms with van der Waals surface area (Å²) in [6.07, 6.45) is 2.02. The molecule has 0 amide bonds. The third-order valence-corrected chi connectivity index (χ3v) is 6.87. The molecule has 3 rings (SSSR count). The molecule has 0 aromatic heterocycles. The van der Waals surface area contributed by atoms with Crippen LogP contribution >= 0.6 is 0 Å². The van der Waals surface area contributed by atoms with Crippen LogP contribution in [0.3, 0.4) is 0 Å². The van der Waals surface area contributed by atoms with Crippen molar-refractivity contribution in [3.05, 3.63) is 95.1 Å². The van der Waals surface area contributed by atoms with Crippen molar-refractivity contribution in [2.24, 2.45) is 4.99 Å². The summed E-state index contributed by atoms with van der Waals surface area (Å²) < 4.78 is 3.77. The van der Waals surface area contributed by atoms with Crippen LogP contribution in [0.2, 0.25) is 5.79 Å². The highest BCUT2D eigenvalue weighted by molar-refractivity contribution is 6.60. The fraction of sp³-hybridized carbons (Fsp3) is 0.240. The van der Waals surface area contributed by atoms with Gasteiger partial charge in [0.25, 0.3) is 0 Å². The van der Waals surface area contributed by atoms with Gasteiger partial charge in [-0.1, -0.05) is 79.8 Å². The smallest absolute Gasteiger partial charge is 0.412 e. The van der Waals surface area contributed by atoms with E-state index in [1.54, 1.807) is 0 Å². The molecule has 0 heterocycles. The number of anilines is 1. The fourth-order valence-electron chi connectivity index (χ4n) is 3.34. The SMILES string of the molecule is Cc1ccccc1[NH][Al]([CH3])[CH2]c1ccccc1C=Nc1cccc(C(C)C)c1. The maximum absolute atomic E-state index is 4.76. The molecule has 1 N–H and O–H groups in total. The zero-order chi connectivity index (χ0) is 19.9. The summed E-state index contributed by atoms with van der Waals surface area (Å²) in [5, 5.41) is 1.09. The van der Waals surface area contributed by atoms with Gasteiger partial charge in [-0.2, -0.15) is 0 Å². The number of rotatable bonds is 7. The van der Waals surface area contributed by atoms with Crippen LogP contribution in [0.25, 0.3) is 0 Å². The Balaban J connectivity index is 1.74. The molecular formula is C25H29AlN2. The number of nitrogens with one attached hydrogen (secondary N) is 1. The lowest BCUT2D eigenvalue weighted by molar-refractivity contribution is 0.867. The van der Waals surface area contributed by atoms with Gasteiger partial charge in [-0.15, -0.1) is 0 Å². The first kappa shape index (κ1) is 20.4. The molecule has 2 nitrogen and oxygen atoms in total. The Morgan fingerprint density at radius 1 is 0.964 bits per heavy atom. The number of hydrogen-bond acceptors (Lipinski definition) is 2. The normalized spacial score (nSPS) is 11.2. The first-order chi connectivity index (χ1) is 13.5. The summed E-state index contributed by atoms with van der Waals surface area (Å²) in [7, 11) is 0. The van der Waals surface area contributed by atoms with Gasteiger partial charge >= 0.3 is 14.4 Å². The molecule has 0 aliphatic heterocycles. The highest BCUT2D eigenvalue weighted by atomic mass is 27.2. The highest BCUT2D eigenvalue weighted by Crippen LogP contribution is 2.21. The third-order valence-electron chi connectivity index (χ3n) is 5.02. The number of aryl methyl sites for hydroxylation is 1. The summed E-state index contributed by atoms with van der Waals surface area (Å²) in [4.78, 5) is 4.76. The first-order valence-corrected chi connectivity index (χ1v) is 12.6. The Bertz CT molecular complexity index is 947. The predicted molar refractivity (Wildman–Crippen MR) is 124 cm³/mol. The molecule has 0 radical (unpaired) electrons. The second-order valence-electron chi connectivity index (χ2n) is 7.77. The van der Waals surface area contributed by atoms with Crippen molar-refractivity contribution in [1.29, 1.82) is 0 Å². The van der Waals surface area contributed by atoms with Gasteiger partial charge in [0.1, 0.15) is 0 Å². The zero-order valence-corrected chi connectivity index (χ0v) is 18.5. The van der Waals surface area contributed by atoms with E-state index in [2.05, 4.69) is 104 Å². The molecule has 3 aromatic rings. The van der Waals surface area contributed by atoms with Crippen molar-refractivity contribution in [2.45, 2.75) is 37.8 Å². The standard InChI is InChI=1S/C17H18N.C7H8N.CH3.Al/c1-13(2)15-9-6-10-17(11-15)18-12-16-8-5-4-7-14(16)3;1-6-4-2-3-5-7(6)8;;/h4-13H,3H2,1-2H3;2-5,8H,1H3;1H3;/q;-1;;+1. The molecule has 142 valence electrons. The topological polar surface area (TPSA) is 24.4 Å². The zero-order valence-electron chi connectivity index (χ0n) is 17.3. The molecule has 3 heteroatoms. The molecule has 0 fully saturated rings. The van der Waals surface area contributed by atoms with E-state index in [0.29, 0.717) is 5.92 Å². The number of benzene rings is 3. The number of aliphatic imine (C=N–C) groups is 1. The number of hydrogen-bond donors (Lipinski definition) is 1. The van der Waals surface area contributed by atoms with Crippen molar-refractivity contribution in [1.82, 2.24) is 0 Å². The minimum atomic E-state index is -1.14. The lowest BCUT2D eigenvalue weighted by Crippen LogP contribution is -2.25. The molecule has 0 atom stereocenters. The molecule has 0 aliphatic rings. The molecular weight excluding hydrogens is 355 g/mol. The minimum absolute atomic E-state index is 0.516. The maximum atomic E-state index is 4.76. The van der Waals surface area contributed by atoms with E-state index in [0.717, 1.165) is 11.0 Å². The van der Waals surface area contributed by atoms with E-state index in [-0.39, 0.29) is 0 Å². The van der Waals surface area contributed by atoms with E-state index in [9.17, 15) is 0 Å². The summed E-state index contributed by atoms with van der Waals surface area (Å²) in [6, 6.07) is 25.7. The summed E-state index contributed by atoms with van der Waals surface area (Å²) in [5.74, 6) is 2.88. The molecule has 0 bridgehead atoms. The Morgan fingerprint density at radius 2 is 1.71 bits per heavy atom. The van der Waals surface area contributed by atoms with Gasteiger partial charge in [-0.05, 0) is 53.0 Å². The molecule has 0 saturated carbocycles. The Hall–Kier alpha value is -2.34. The fourth-order valence-corrected chi connectivity index (χ4v) is 5.32. The van der Waals surface area contributed by atoms with Gasteiger partial charge in [0.15, 0.2) is 0 Å². The molecule has 28 heavy (non-hydrogen) atoms. The minimum Gasteiger partial charge on any atom is -0.476 e. The Labute approximate surface area is 174 Å². The lowest BCUT2D eigenvalue weighted by atomic mass is 10.0. The predicted octanol–water partition coefficient (Wildman–Crippen LogP) is 6.68. The van der Waals surface area contributed by atoms with E-state index in [1.165, 1.54) is 27.9 Å². The average Bonchev–Trinajstić information content (AvgIpc) is 2.69. The summed E-state index contributed by atoms with van der Waals surface area (Å²) >= 11 is -1.14. The van der Waals surface area contributed by atoms with Crippen LogP contribution < -0.4 is 4.30 Å². The summed E-state index contributed by atoms with van der Waals surface area (Å²) in [6.45, 7) is 6.59. The Kier molecular flexibility index (Phi) is 7.09. The highest BCUT2D eigenvalue weighted by Gasteiger charge is 2.15. The number of nitrogens with zero attached hydrogens (tertiary/aromatic N) is 1. The van der Waals surface area contributed by atoms with Gasteiger partial charge in [0, 0.05) is 11.9 Å². The van der Waals surface area contributed by atoms with Crippen molar-refractivity contribution in [3.63, 3.8) is 0 Å². The van der Waals surface area contributed by atoms with Crippen LogP contribution in [0.5, 0.6) is 0 Å². The van der Waals surface area contributed by atoms with Crippen LogP contribution in [-0.2, 0) is 5.28 Å². The van der Waals surface area contributed by atoms with E-state index >= 15 is 0 Å². The average molecular weight is 385 g/mol. The molecule has 0 aliphatic carbocycles. The van der Waals surface area contributed by atoms with Crippen LogP contribution in [0.1, 0.15) is 42.0 Å². The van der Waals surface area contributed by atoms with Gasteiger partial charge in [0.2, 0.25) is 0 Å². The monoisotopic (exact) mass is 384 g/mol. The lowest BCUT2D eigenvalue weighted by Gasteiger charge is -2.14. The number of para-hydroxylation sites is 1. The van der Waals surface area contributed by atoms with Gasteiger partial charge in [-0.3, -0.25) is 4.99 Å². The molecule has 0 spiro atoms. The maximum Gasteiger partial charge on any atom is 0.412 e. The summed E-state index contributed by atoms with van der Waals surface area (Å²) in [5.41, 5.74) is 7.49. The van der Waals surface area contributed by atoms with Crippen molar-refractivity contribution < 1.29 is 0 Å². The molecule has 0 saturated heterocycles. The van der Waals surface area contributed by atoms with Crippen molar-refractivity contribution in [3.8, 4) is 0 Å². The third kappa shape index (κ3) is 5.58. The van der Waals surface area contributed by atoms with Gasteiger partial charge in [-0.25, -0.2) is 0 Å². The quantitative estimate of drug-likeness (QED) is 0.356. The van der Waals surface area contributed by atoms with E-state index < -0.39 is 14.4 Å². The van der Waals surface area contributed by atoms with Crippen molar-refractivity contribution >= 4 is 32.0 Å². The van der Waals surface area contributed by atoms with Crippen LogP contribution in [0, 0.1) is 6.92 Å². The second-order valence-corrected chi connectivity index (χ2v) is 10.3. The second kappa shape index (κ2) is 9.74. The van der Waals surface area contributed by atoms with Gasteiger partial charge < -0.3 is 4.30 Å². The molecule has 0 unspecified atom stereocenters. The van der Waals surface area contributed by atoms with Crippen molar-refractivity contribution in [2.75, 3.05) is 4.30 Å². The largest absolute Gasteiger partial charge is 0.476 e. The van der Waals surface area contributed by atoms with Crippen LogP contribution in [0.4, 0.5) is 11.4 Å². The van der Waals surface area contributed by atoms with Gasteiger partial charge in [0.05, 0.1) is 5.69 Å². The van der Waals surface area contributed by atoms with E-state index in [1.807, 2.05) is 6.21 Å². The van der Waals surface area contributed by atoms with Crippen LogP contribution in [0.15, 0.2) is 77.8 Å². The first-order valence-electron chi connectivity index (χ1n) is 10.1. The van der Waals surface area contributed by atoms with Crippen LogP contribution in [-0.4, -0.2) is 20.6 Å².